The molecular weight excluding hydrogens is 350 g/mol. The predicted molar refractivity (Wildman–Crippen MR) is 106 cm³/mol. The van der Waals surface area contributed by atoms with E-state index in [1.165, 1.54) is 44.9 Å². The van der Waals surface area contributed by atoms with E-state index in [9.17, 15) is 4.79 Å². The van der Waals surface area contributed by atoms with Crippen LogP contribution in [0.25, 0.3) is 0 Å². The second kappa shape index (κ2) is 7.30. The minimum Gasteiger partial charge on any atom is -0.341 e. The van der Waals surface area contributed by atoms with Crippen molar-refractivity contribution in [1.29, 1.82) is 0 Å². The molecule has 1 spiro atoms. The van der Waals surface area contributed by atoms with Crippen molar-refractivity contribution < 1.29 is 4.79 Å². The van der Waals surface area contributed by atoms with E-state index >= 15 is 0 Å². The zero-order valence-corrected chi connectivity index (χ0v) is 16.5. The quantitative estimate of drug-likeness (QED) is 0.800. The summed E-state index contributed by atoms with van der Waals surface area (Å²) in [4.78, 5) is 19.3. The maximum absolute atomic E-state index is 13.1. The Morgan fingerprint density at radius 2 is 2.07 bits per heavy atom. The molecule has 1 atom stereocenters. The molecule has 2 aromatic rings. The normalized spacial score (nSPS) is 24.0. The summed E-state index contributed by atoms with van der Waals surface area (Å²) in [6.07, 6.45) is 14.8. The largest absolute Gasteiger partial charge is 0.341 e. The highest BCUT2D eigenvalue weighted by molar-refractivity contribution is 5.79. The summed E-state index contributed by atoms with van der Waals surface area (Å²) in [7, 11) is 0. The van der Waals surface area contributed by atoms with Gasteiger partial charge in [-0.25, -0.2) is 0 Å². The molecular formula is C22H29N5O. The lowest BCUT2D eigenvalue weighted by molar-refractivity contribution is -0.130. The van der Waals surface area contributed by atoms with Crippen molar-refractivity contribution in [3.63, 3.8) is 0 Å². The van der Waals surface area contributed by atoms with Gasteiger partial charge in [0.25, 0.3) is 0 Å². The highest BCUT2D eigenvalue weighted by Crippen LogP contribution is 2.52. The van der Waals surface area contributed by atoms with E-state index < -0.39 is 0 Å². The Kier molecular flexibility index (Phi) is 4.65. The molecule has 3 aliphatic rings. The summed E-state index contributed by atoms with van der Waals surface area (Å²) in [6.45, 7) is 2.69. The molecule has 5 rings (SSSR count). The molecule has 0 aromatic carbocycles. The lowest BCUT2D eigenvalue weighted by Gasteiger charge is -2.37. The molecule has 3 heterocycles. The summed E-state index contributed by atoms with van der Waals surface area (Å²) in [5.41, 5.74) is 1.17. The molecule has 1 unspecified atom stereocenters. The Morgan fingerprint density at radius 3 is 2.82 bits per heavy atom. The van der Waals surface area contributed by atoms with Crippen molar-refractivity contribution in [2.45, 2.75) is 63.8 Å². The molecule has 2 aliphatic carbocycles. The molecule has 28 heavy (non-hydrogen) atoms. The molecule has 6 heteroatoms. The first-order chi connectivity index (χ1) is 13.7. The van der Waals surface area contributed by atoms with Crippen molar-refractivity contribution in [3.05, 3.63) is 42.2 Å². The van der Waals surface area contributed by atoms with Crippen LogP contribution < -0.4 is 0 Å². The zero-order chi connectivity index (χ0) is 19.0. The first kappa shape index (κ1) is 17.8. The molecule has 1 amide bonds. The van der Waals surface area contributed by atoms with Crippen LogP contribution in [0.3, 0.4) is 0 Å². The monoisotopic (exact) mass is 379 g/mol. The molecule has 0 bridgehead atoms. The SMILES string of the molecule is O=C(Cc1cccnc1)N1CC(c2nncn2CC2CC2)C2(CCCCC2)C1. The van der Waals surface area contributed by atoms with Gasteiger partial charge in [-0.15, -0.1) is 10.2 Å². The van der Waals surface area contributed by atoms with Crippen molar-refractivity contribution in [3.8, 4) is 0 Å². The van der Waals surface area contributed by atoms with E-state index in [0.717, 1.165) is 36.9 Å². The Balaban J connectivity index is 1.39. The fraction of sp³-hybridized carbons (Fsp3) is 0.636. The van der Waals surface area contributed by atoms with E-state index in [2.05, 4.69) is 24.6 Å². The zero-order valence-electron chi connectivity index (χ0n) is 16.5. The molecule has 0 radical (unpaired) electrons. The number of carbonyl (C=O) groups is 1. The molecule has 2 aromatic heterocycles. The lowest BCUT2D eigenvalue weighted by Crippen LogP contribution is -2.35. The number of likely N-dealkylation sites (tertiary alicyclic amines) is 1. The molecule has 148 valence electrons. The summed E-state index contributed by atoms with van der Waals surface area (Å²) in [6, 6.07) is 3.89. The number of carbonyl (C=O) groups excluding carboxylic acids is 1. The third-order valence-electron chi connectivity index (χ3n) is 7.04. The number of hydrogen-bond donors (Lipinski definition) is 0. The van der Waals surface area contributed by atoms with Gasteiger partial charge in [0, 0.05) is 37.9 Å². The topological polar surface area (TPSA) is 63.9 Å². The van der Waals surface area contributed by atoms with Crippen LogP contribution in [0.4, 0.5) is 0 Å². The van der Waals surface area contributed by atoms with E-state index in [1.54, 1.807) is 12.4 Å². The summed E-state index contributed by atoms with van der Waals surface area (Å²) < 4.78 is 2.29. The maximum atomic E-state index is 13.1. The molecule has 0 N–H and O–H groups in total. The molecule has 1 aliphatic heterocycles. The average molecular weight is 380 g/mol. The number of aromatic nitrogens is 4. The van der Waals surface area contributed by atoms with Crippen molar-refractivity contribution >= 4 is 5.91 Å². The first-order valence-electron chi connectivity index (χ1n) is 10.8. The van der Waals surface area contributed by atoms with Crippen LogP contribution in [0.5, 0.6) is 0 Å². The minimum absolute atomic E-state index is 0.178. The molecule has 1 saturated heterocycles. The van der Waals surface area contributed by atoms with Crippen LogP contribution in [-0.2, 0) is 17.8 Å². The second-order valence-electron chi connectivity index (χ2n) is 9.07. The van der Waals surface area contributed by atoms with Gasteiger partial charge < -0.3 is 9.47 Å². The predicted octanol–water partition coefficient (Wildman–Crippen LogP) is 3.20. The number of rotatable bonds is 5. The van der Waals surface area contributed by atoms with Crippen LogP contribution >= 0.6 is 0 Å². The van der Waals surface area contributed by atoms with Gasteiger partial charge in [0.1, 0.15) is 12.2 Å². The number of amides is 1. The van der Waals surface area contributed by atoms with Crippen LogP contribution in [0.1, 0.15) is 62.3 Å². The van der Waals surface area contributed by atoms with Gasteiger partial charge in [-0.3, -0.25) is 9.78 Å². The first-order valence-corrected chi connectivity index (χ1v) is 10.8. The lowest BCUT2D eigenvalue weighted by atomic mass is 9.67. The molecule has 3 fully saturated rings. The Labute approximate surface area is 166 Å². The fourth-order valence-electron chi connectivity index (χ4n) is 5.32. The molecule has 6 nitrogen and oxygen atoms in total. The highest BCUT2D eigenvalue weighted by atomic mass is 16.2. The van der Waals surface area contributed by atoms with Gasteiger partial charge in [0.15, 0.2) is 0 Å². The standard InChI is InChI=1S/C22H29N5O/c28-20(11-18-5-4-10-23-12-18)26-14-19(22(15-26)8-2-1-3-9-22)21-25-24-16-27(21)13-17-6-7-17/h4-5,10,12,16-17,19H,1-3,6-9,11,13-15H2. The number of nitrogens with zero attached hydrogens (tertiary/aromatic N) is 5. The summed E-state index contributed by atoms with van der Waals surface area (Å²) in [5, 5.41) is 8.84. The minimum atomic E-state index is 0.178. The summed E-state index contributed by atoms with van der Waals surface area (Å²) in [5.74, 6) is 2.44. The van der Waals surface area contributed by atoms with Gasteiger partial charge in [-0.05, 0) is 48.6 Å². The van der Waals surface area contributed by atoms with Crippen LogP contribution in [0.2, 0.25) is 0 Å². The second-order valence-corrected chi connectivity index (χ2v) is 9.07. The smallest absolute Gasteiger partial charge is 0.227 e. The van der Waals surface area contributed by atoms with Gasteiger partial charge in [0.05, 0.1) is 6.42 Å². The average Bonchev–Trinajstić information content (AvgIpc) is 3.30. The van der Waals surface area contributed by atoms with E-state index in [4.69, 9.17) is 0 Å². The van der Waals surface area contributed by atoms with Gasteiger partial charge in [0.2, 0.25) is 5.91 Å². The summed E-state index contributed by atoms with van der Waals surface area (Å²) >= 11 is 0. The van der Waals surface area contributed by atoms with E-state index in [0.29, 0.717) is 12.3 Å². The van der Waals surface area contributed by atoms with Gasteiger partial charge in [-0.2, -0.15) is 0 Å². The third kappa shape index (κ3) is 3.45. The highest BCUT2D eigenvalue weighted by Gasteiger charge is 2.50. The van der Waals surface area contributed by atoms with Crippen molar-refractivity contribution in [2.24, 2.45) is 11.3 Å². The van der Waals surface area contributed by atoms with E-state index in [-0.39, 0.29) is 11.3 Å². The van der Waals surface area contributed by atoms with Crippen LogP contribution in [0.15, 0.2) is 30.9 Å². The van der Waals surface area contributed by atoms with Gasteiger partial charge in [-0.1, -0.05) is 25.3 Å². The van der Waals surface area contributed by atoms with Crippen LogP contribution in [-0.4, -0.2) is 43.6 Å². The third-order valence-corrected chi connectivity index (χ3v) is 7.04. The maximum Gasteiger partial charge on any atom is 0.227 e. The number of hydrogen-bond acceptors (Lipinski definition) is 4. The molecule has 2 saturated carbocycles. The number of pyridine rings is 1. The van der Waals surface area contributed by atoms with E-state index in [1.807, 2.05) is 18.5 Å². The Hall–Kier alpha value is -2.24. The fourth-order valence-corrected chi connectivity index (χ4v) is 5.32. The van der Waals surface area contributed by atoms with Crippen molar-refractivity contribution in [2.75, 3.05) is 13.1 Å². The van der Waals surface area contributed by atoms with Crippen molar-refractivity contribution in [1.82, 2.24) is 24.6 Å². The van der Waals surface area contributed by atoms with Crippen LogP contribution in [0, 0.1) is 11.3 Å². The Morgan fingerprint density at radius 1 is 1.21 bits per heavy atom. The Bertz CT molecular complexity index is 822. The van der Waals surface area contributed by atoms with Gasteiger partial charge >= 0.3 is 0 Å².